The zero-order valence-electron chi connectivity index (χ0n) is 10.8. The Morgan fingerprint density at radius 1 is 1.28 bits per heavy atom. The molecule has 1 saturated heterocycles. The molecule has 0 saturated carbocycles. The summed E-state index contributed by atoms with van der Waals surface area (Å²) in [6.07, 6.45) is 3.85. The summed E-state index contributed by atoms with van der Waals surface area (Å²) in [5.41, 5.74) is 0.985. The third kappa shape index (κ3) is 2.61. The molecule has 0 spiro atoms. The van der Waals surface area contributed by atoms with Crippen LogP contribution in [0.5, 0.6) is 0 Å². The predicted octanol–water partition coefficient (Wildman–Crippen LogP) is 2.90. The van der Waals surface area contributed by atoms with Gasteiger partial charge in [0.2, 0.25) is 0 Å². The fraction of sp³-hybridized carbons (Fsp3) is 0.467. The van der Waals surface area contributed by atoms with Crippen LogP contribution in [0.3, 0.4) is 0 Å². The van der Waals surface area contributed by atoms with Gasteiger partial charge >= 0.3 is 12.2 Å². The normalized spacial score (nSPS) is 23.2. The first-order valence-electron chi connectivity index (χ1n) is 6.58. The molecule has 2 unspecified atom stereocenters. The Bertz CT molecular complexity index is 427. The maximum absolute atomic E-state index is 11.9. The summed E-state index contributed by atoms with van der Waals surface area (Å²) < 4.78 is 7.23. The highest BCUT2D eigenvalue weighted by Crippen LogP contribution is 2.28. The number of hydrogen-bond acceptors (Lipinski definition) is 2. The summed E-state index contributed by atoms with van der Waals surface area (Å²) in [7, 11) is 0. The average Bonchev–Trinajstić information content (AvgIpc) is 2.68. The van der Waals surface area contributed by atoms with E-state index in [-0.39, 0.29) is 18.2 Å². The molecule has 1 aromatic carbocycles. The minimum absolute atomic E-state index is 0.144. The number of hydrogen-bond donors (Lipinski definition) is 0. The predicted molar refractivity (Wildman–Crippen MR) is 70.6 cm³/mol. The third-order valence-corrected chi connectivity index (χ3v) is 3.37. The number of cyclic esters (lactones) is 1. The van der Waals surface area contributed by atoms with E-state index in [0.29, 0.717) is 0 Å². The van der Waals surface area contributed by atoms with E-state index in [1.807, 2.05) is 30.3 Å². The second-order valence-electron chi connectivity index (χ2n) is 4.73. The third-order valence-electron chi connectivity index (χ3n) is 3.37. The van der Waals surface area contributed by atoms with Gasteiger partial charge in [0.1, 0.15) is 6.72 Å². The first-order valence-corrected chi connectivity index (χ1v) is 6.58. The number of carbonyl (C=O) groups excluding carboxylic acids is 1. The van der Waals surface area contributed by atoms with Crippen molar-refractivity contribution < 1.29 is 14.1 Å². The molecule has 3 heteroatoms. The molecule has 0 radical (unpaired) electrons. The largest absolute Gasteiger partial charge is 0.394 e. The number of ether oxygens (including phenoxy) is 1. The molecule has 0 aromatic heterocycles. The van der Waals surface area contributed by atoms with E-state index < -0.39 is 0 Å². The van der Waals surface area contributed by atoms with E-state index in [1.165, 1.54) is 0 Å². The number of carbonyl (C=O) groups is 1. The standard InChI is InChI=1S/C15H20NO2/c1-3-4-6-11-13-15(17)18-14(16(13)2)12-9-7-5-8-10-12/h5,7-10,13-14H,2-4,6,11H2,1H3/q+1. The fourth-order valence-corrected chi connectivity index (χ4v) is 2.30. The first kappa shape index (κ1) is 12.8. The van der Waals surface area contributed by atoms with Crippen molar-refractivity contribution >= 4 is 12.7 Å². The summed E-state index contributed by atoms with van der Waals surface area (Å²) in [6, 6.07) is 9.58. The van der Waals surface area contributed by atoms with Crippen molar-refractivity contribution in [3.63, 3.8) is 0 Å². The molecular weight excluding hydrogens is 226 g/mol. The molecule has 96 valence electrons. The molecule has 1 aliphatic rings. The molecular formula is C15H20NO2+. The van der Waals surface area contributed by atoms with E-state index in [9.17, 15) is 4.79 Å². The zero-order valence-corrected chi connectivity index (χ0v) is 10.8. The van der Waals surface area contributed by atoms with Gasteiger partial charge in [-0.2, -0.15) is 4.58 Å². The van der Waals surface area contributed by atoms with Gasteiger partial charge in [-0.1, -0.05) is 38.0 Å². The van der Waals surface area contributed by atoms with Crippen LogP contribution >= 0.6 is 0 Å². The monoisotopic (exact) mass is 246 g/mol. The zero-order chi connectivity index (χ0) is 13.0. The fourth-order valence-electron chi connectivity index (χ4n) is 2.30. The molecule has 1 fully saturated rings. The van der Waals surface area contributed by atoms with Gasteiger partial charge < -0.3 is 4.74 Å². The lowest BCUT2D eigenvalue weighted by molar-refractivity contribution is -0.598. The van der Waals surface area contributed by atoms with Crippen molar-refractivity contribution in [2.75, 3.05) is 0 Å². The van der Waals surface area contributed by atoms with Gasteiger partial charge in [-0.15, -0.1) is 0 Å². The molecule has 1 aromatic rings. The van der Waals surface area contributed by atoms with Gasteiger partial charge in [0, 0.05) is 6.42 Å². The second-order valence-corrected chi connectivity index (χ2v) is 4.73. The molecule has 0 bridgehead atoms. The van der Waals surface area contributed by atoms with Crippen molar-refractivity contribution in [2.24, 2.45) is 0 Å². The quantitative estimate of drug-likeness (QED) is 0.454. The number of benzene rings is 1. The van der Waals surface area contributed by atoms with Crippen molar-refractivity contribution in [1.29, 1.82) is 0 Å². The van der Waals surface area contributed by atoms with Crippen LogP contribution in [0.1, 0.15) is 44.4 Å². The van der Waals surface area contributed by atoms with E-state index in [1.54, 1.807) is 4.58 Å². The number of esters is 1. The van der Waals surface area contributed by atoms with E-state index in [4.69, 9.17) is 4.74 Å². The Hall–Kier alpha value is -1.64. The number of rotatable bonds is 5. The van der Waals surface area contributed by atoms with Gasteiger partial charge in [0.05, 0.1) is 5.56 Å². The minimum Gasteiger partial charge on any atom is -0.394 e. The van der Waals surface area contributed by atoms with Crippen LogP contribution in [0.4, 0.5) is 0 Å². The molecule has 0 amide bonds. The van der Waals surface area contributed by atoms with Crippen molar-refractivity contribution in [3.05, 3.63) is 35.9 Å². The van der Waals surface area contributed by atoms with Crippen LogP contribution in [0.25, 0.3) is 0 Å². The molecule has 1 heterocycles. The number of unbranched alkanes of at least 4 members (excludes halogenated alkanes) is 2. The highest BCUT2D eigenvalue weighted by Gasteiger charge is 2.45. The Morgan fingerprint density at radius 2 is 2.00 bits per heavy atom. The lowest BCUT2D eigenvalue weighted by Crippen LogP contribution is -2.24. The SMILES string of the molecule is C=[N+]1C(CCCCC)C(=O)OC1c1ccccc1. The maximum atomic E-state index is 11.9. The molecule has 2 rings (SSSR count). The summed E-state index contributed by atoms with van der Waals surface area (Å²) in [5.74, 6) is -0.144. The lowest BCUT2D eigenvalue weighted by Gasteiger charge is -2.07. The van der Waals surface area contributed by atoms with Crippen LogP contribution in [0, 0.1) is 0 Å². The van der Waals surface area contributed by atoms with Gasteiger partial charge in [0.25, 0.3) is 6.04 Å². The van der Waals surface area contributed by atoms with Gasteiger partial charge in [-0.3, -0.25) is 0 Å². The average molecular weight is 246 g/mol. The minimum atomic E-state index is -0.328. The lowest BCUT2D eigenvalue weighted by atomic mass is 10.1. The summed E-state index contributed by atoms with van der Waals surface area (Å²) >= 11 is 0. The van der Waals surface area contributed by atoms with Crippen molar-refractivity contribution in [3.8, 4) is 0 Å². The Balaban J connectivity index is 2.05. The van der Waals surface area contributed by atoms with E-state index in [0.717, 1.165) is 31.2 Å². The highest BCUT2D eigenvalue weighted by molar-refractivity contribution is 5.76. The number of nitrogens with zero attached hydrogens (tertiary/aromatic N) is 1. The van der Waals surface area contributed by atoms with Gasteiger partial charge in [0.15, 0.2) is 0 Å². The van der Waals surface area contributed by atoms with Crippen LogP contribution in [0.15, 0.2) is 30.3 Å². The summed E-state index contributed by atoms with van der Waals surface area (Å²) in [4.78, 5) is 11.9. The smallest absolute Gasteiger partial charge is 0.380 e. The first-order chi connectivity index (χ1) is 8.74. The van der Waals surface area contributed by atoms with Crippen LogP contribution in [0.2, 0.25) is 0 Å². The van der Waals surface area contributed by atoms with Crippen molar-refractivity contribution in [1.82, 2.24) is 0 Å². The molecule has 0 aliphatic carbocycles. The molecule has 1 aliphatic heterocycles. The second kappa shape index (κ2) is 5.80. The topological polar surface area (TPSA) is 29.3 Å². The highest BCUT2D eigenvalue weighted by atomic mass is 16.6. The molecule has 3 nitrogen and oxygen atoms in total. The molecule has 0 N–H and O–H groups in total. The molecule has 18 heavy (non-hydrogen) atoms. The Morgan fingerprint density at radius 3 is 2.67 bits per heavy atom. The molecule has 2 atom stereocenters. The van der Waals surface area contributed by atoms with Crippen LogP contribution in [-0.2, 0) is 9.53 Å². The Kier molecular flexibility index (Phi) is 4.13. The van der Waals surface area contributed by atoms with Crippen molar-refractivity contribution in [2.45, 2.75) is 44.9 Å². The summed E-state index contributed by atoms with van der Waals surface area (Å²) in [6.45, 7) is 6.15. The van der Waals surface area contributed by atoms with E-state index >= 15 is 0 Å². The maximum Gasteiger partial charge on any atom is 0.380 e. The van der Waals surface area contributed by atoms with Gasteiger partial charge in [-0.05, 0) is 18.6 Å². The summed E-state index contributed by atoms with van der Waals surface area (Å²) in [5, 5.41) is 0. The van der Waals surface area contributed by atoms with E-state index in [2.05, 4.69) is 13.6 Å². The van der Waals surface area contributed by atoms with Crippen LogP contribution in [-0.4, -0.2) is 23.3 Å². The van der Waals surface area contributed by atoms with Gasteiger partial charge in [-0.25, -0.2) is 4.79 Å². The Labute approximate surface area is 108 Å². The van der Waals surface area contributed by atoms with Crippen LogP contribution < -0.4 is 0 Å².